The maximum absolute atomic E-state index is 12.6. The predicted octanol–water partition coefficient (Wildman–Crippen LogP) is 3.55. The first kappa shape index (κ1) is 20.7. The number of benzene rings is 1. The van der Waals surface area contributed by atoms with Gasteiger partial charge in [-0.15, -0.1) is 11.3 Å². The number of nitrogens with one attached hydrogen (secondary N) is 1. The molecule has 0 aliphatic carbocycles. The summed E-state index contributed by atoms with van der Waals surface area (Å²) in [7, 11) is 1.68. The summed E-state index contributed by atoms with van der Waals surface area (Å²) < 4.78 is 7.04. The molecule has 0 aliphatic rings. The Morgan fingerprint density at radius 3 is 2.75 bits per heavy atom. The Labute approximate surface area is 175 Å². The molecule has 1 aromatic carbocycles. The molecule has 2 heterocycles. The summed E-state index contributed by atoms with van der Waals surface area (Å²) in [5.41, 5.74) is 0.897. The van der Waals surface area contributed by atoms with E-state index in [4.69, 9.17) is 16.3 Å². The van der Waals surface area contributed by atoms with Crippen LogP contribution in [0.1, 0.15) is 10.4 Å². The summed E-state index contributed by atoms with van der Waals surface area (Å²) in [5, 5.41) is 4.64. The summed E-state index contributed by atoms with van der Waals surface area (Å²) in [5.74, 6) is 0.732. The van der Waals surface area contributed by atoms with Crippen molar-refractivity contribution in [3.63, 3.8) is 0 Å². The number of carbonyl (C=O) groups is 1. The third-order valence-corrected chi connectivity index (χ3v) is 6.59. The molecular formula is C19H20ClN3O3S2. The molecule has 0 unspecified atom stereocenters. The predicted molar refractivity (Wildman–Crippen MR) is 115 cm³/mol. The van der Waals surface area contributed by atoms with Gasteiger partial charge in [0.2, 0.25) is 5.91 Å². The molecule has 3 aromatic rings. The van der Waals surface area contributed by atoms with Gasteiger partial charge in [0.1, 0.15) is 17.2 Å². The van der Waals surface area contributed by atoms with E-state index in [0.29, 0.717) is 34.5 Å². The average Bonchev–Trinajstić information content (AvgIpc) is 2.96. The Kier molecular flexibility index (Phi) is 6.64. The number of hydrogen-bond acceptors (Lipinski definition) is 6. The minimum atomic E-state index is -0.141. The van der Waals surface area contributed by atoms with Crippen LogP contribution in [0.3, 0.4) is 0 Å². The third-order valence-electron chi connectivity index (χ3n) is 4.21. The van der Waals surface area contributed by atoms with Crippen LogP contribution in [0.4, 0.5) is 0 Å². The molecule has 0 radical (unpaired) electrons. The monoisotopic (exact) mass is 437 g/mol. The molecular weight excluding hydrogens is 418 g/mol. The molecule has 9 heteroatoms. The van der Waals surface area contributed by atoms with E-state index in [0.717, 1.165) is 15.3 Å². The standard InChI is InChI=1S/C19H20ClN3O3S2/c1-11-12(2)28-17-16(11)18(25)23(3)19(22-17)27-10-15(24)21-8-9-26-14-6-4-13(20)5-7-14/h4-7H,8-10H2,1-3H3,(H,21,24). The molecule has 0 fully saturated rings. The molecule has 2 aromatic heterocycles. The van der Waals surface area contributed by atoms with E-state index < -0.39 is 0 Å². The van der Waals surface area contributed by atoms with Crippen LogP contribution in [0.25, 0.3) is 10.2 Å². The summed E-state index contributed by atoms with van der Waals surface area (Å²) >= 11 is 8.57. The highest BCUT2D eigenvalue weighted by molar-refractivity contribution is 7.99. The molecule has 0 spiro atoms. The first-order valence-electron chi connectivity index (χ1n) is 8.61. The Hall–Kier alpha value is -2.03. The summed E-state index contributed by atoms with van der Waals surface area (Å²) in [6.45, 7) is 4.66. The fourth-order valence-corrected chi connectivity index (χ4v) is 4.55. The van der Waals surface area contributed by atoms with Crippen molar-refractivity contribution < 1.29 is 9.53 Å². The fourth-order valence-electron chi connectivity index (χ4n) is 2.56. The average molecular weight is 438 g/mol. The third kappa shape index (κ3) is 4.68. The minimum Gasteiger partial charge on any atom is -0.492 e. The van der Waals surface area contributed by atoms with Crippen molar-refractivity contribution >= 4 is 50.8 Å². The highest BCUT2D eigenvalue weighted by atomic mass is 35.5. The van der Waals surface area contributed by atoms with Gasteiger partial charge in [0, 0.05) is 16.9 Å². The Morgan fingerprint density at radius 1 is 1.32 bits per heavy atom. The Morgan fingerprint density at radius 2 is 2.04 bits per heavy atom. The second kappa shape index (κ2) is 8.98. The maximum Gasteiger partial charge on any atom is 0.262 e. The van der Waals surface area contributed by atoms with E-state index >= 15 is 0 Å². The fraction of sp³-hybridized carbons (Fsp3) is 0.316. The molecule has 3 rings (SSSR count). The number of aromatic nitrogens is 2. The number of thioether (sulfide) groups is 1. The smallest absolute Gasteiger partial charge is 0.262 e. The number of thiophene rings is 1. The molecule has 0 aliphatic heterocycles. The molecule has 0 saturated heterocycles. The number of aryl methyl sites for hydroxylation is 2. The molecule has 1 N–H and O–H groups in total. The van der Waals surface area contributed by atoms with E-state index in [-0.39, 0.29) is 17.2 Å². The van der Waals surface area contributed by atoms with E-state index in [1.165, 1.54) is 27.7 Å². The van der Waals surface area contributed by atoms with Crippen LogP contribution in [0, 0.1) is 13.8 Å². The van der Waals surface area contributed by atoms with Gasteiger partial charge in [0.25, 0.3) is 5.56 Å². The number of hydrogen-bond donors (Lipinski definition) is 1. The summed E-state index contributed by atoms with van der Waals surface area (Å²) in [6.07, 6.45) is 0. The lowest BCUT2D eigenvalue weighted by atomic mass is 10.2. The zero-order valence-corrected chi connectivity index (χ0v) is 18.1. The van der Waals surface area contributed by atoms with Gasteiger partial charge >= 0.3 is 0 Å². The van der Waals surface area contributed by atoms with Crippen molar-refractivity contribution in [3.8, 4) is 5.75 Å². The van der Waals surface area contributed by atoms with Crippen molar-refractivity contribution in [1.82, 2.24) is 14.9 Å². The van der Waals surface area contributed by atoms with Gasteiger partial charge in [-0.3, -0.25) is 14.2 Å². The second-order valence-electron chi connectivity index (χ2n) is 6.16. The molecule has 0 atom stereocenters. The van der Waals surface area contributed by atoms with Gasteiger partial charge in [-0.05, 0) is 43.7 Å². The normalized spacial score (nSPS) is 11.0. The van der Waals surface area contributed by atoms with Gasteiger partial charge < -0.3 is 10.1 Å². The van der Waals surface area contributed by atoms with Crippen LogP contribution < -0.4 is 15.6 Å². The molecule has 0 bridgehead atoms. The first-order valence-corrected chi connectivity index (χ1v) is 10.8. The lowest BCUT2D eigenvalue weighted by Gasteiger charge is -2.09. The molecule has 148 valence electrons. The van der Waals surface area contributed by atoms with Crippen molar-refractivity contribution in [2.75, 3.05) is 18.9 Å². The largest absolute Gasteiger partial charge is 0.492 e. The van der Waals surface area contributed by atoms with Gasteiger partial charge in [0.05, 0.1) is 17.7 Å². The van der Waals surface area contributed by atoms with Crippen LogP contribution in [0.2, 0.25) is 5.02 Å². The number of fused-ring (bicyclic) bond motifs is 1. The van der Waals surface area contributed by atoms with Gasteiger partial charge in [-0.1, -0.05) is 23.4 Å². The lowest BCUT2D eigenvalue weighted by molar-refractivity contribution is -0.118. The molecule has 1 amide bonds. The van der Waals surface area contributed by atoms with Crippen molar-refractivity contribution in [3.05, 3.63) is 50.1 Å². The number of rotatable bonds is 7. The van der Waals surface area contributed by atoms with Crippen LogP contribution in [0.15, 0.2) is 34.2 Å². The first-order chi connectivity index (χ1) is 13.4. The topological polar surface area (TPSA) is 73.2 Å². The zero-order valence-electron chi connectivity index (χ0n) is 15.7. The highest BCUT2D eigenvalue weighted by Crippen LogP contribution is 2.27. The zero-order chi connectivity index (χ0) is 20.3. The van der Waals surface area contributed by atoms with E-state index in [1.54, 1.807) is 31.3 Å². The molecule has 6 nitrogen and oxygen atoms in total. The van der Waals surface area contributed by atoms with E-state index in [1.807, 2.05) is 13.8 Å². The van der Waals surface area contributed by atoms with Crippen molar-refractivity contribution in [2.45, 2.75) is 19.0 Å². The highest BCUT2D eigenvalue weighted by Gasteiger charge is 2.15. The van der Waals surface area contributed by atoms with Crippen LogP contribution in [-0.2, 0) is 11.8 Å². The van der Waals surface area contributed by atoms with E-state index in [2.05, 4.69) is 10.3 Å². The Bertz CT molecular complexity index is 1060. The van der Waals surface area contributed by atoms with Crippen molar-refractivity contribution in [2.24, 2.45) is 7.05 Å². The van der Waals surface area contributed by atoms with Crippen molar-refractivity contribution in [1.29, 1.82) is 0 Å². The summed E-state index contributed by atoms with van der Waals surface area (Å²) in [4.78, 5) is 31.0. The van der Waals surface area contributed by atoms with Crippen LogP contribution >= 0.6 is 34.7 Å². The number of nitrogens with zero attached hydrogens (tertiary/aromatic N) is 2. The number of ether oxygens (including phenoxy) is 1. The summed E-state index contributed by atoms with van der Waals surface area (Å²) in [6, 6.07) is 7.04. The van der Waals surface area contributed by atoms with Gasteiger partial charge in [0.15, 0.2) is 5.16 Å². The van der Waals surface area contributed by atoms with Crippen LogP contribution in [-0.4, -0.2) is 34.4 Å². The van der Waals surface area contributed by atoms with Gasteiger partial charge in [-0.25, -0.2) is 4.98 Å². The lowest BCUT2D eigenvalue weighted by Crippen LogP contribution is -2.30. The molecule has 28 heavy (non-hydrogen) atoms. The number of amides is 1. The Balaban J connectivity index is 1.52. The SMILES string of the molecule is Cc1sc2nc(SCC(=O)NCCOc3ccc(Cl)cc3)n(C)c(=O)c2c1C. The second-order valence-corrected chi connectivity index (χ2v) is 8.75. The molecule has 0 saturated carbocycles. The van der Waals surface area contributed by atoms with E-state index in [9.17, 15) is 9.59 Å². The maximum atomic E-state index is 12.6. The number of halogens is 1. The van der Waals surface area contributed by atoms with Gasteiger partial charge in [-0.2, -0.15) is 0 Å². The minimum absolute atomic E-state index is 0.0777. The number of carbonyl (C=O) groups excluding carboxylic acids is 1. The quantitative estimate of drug-likeness (QED) is 0.347. The van der Waals surface area contributed by atoms with Crippen LogP contribution in [0.5, 0.6) is 5.75 Å².